The number of anilines is 2. The highest BCUT2D eigenvalue weighted by atomic mass is 32.2. The van der Waals surface area contributed by atoms with Crippen LogP contribution in [0.3, 0.4) is 0 Å². The number of methoxy groups -OCH3 is 1. The Kier molecular flexibility index (Phi) is 6.99. The van der Waals surface area contributed by atoms with Crippen LogP contribution in [-0.4, -0.2) is 51.9 Å². The molecule has 0 bridgehead atoms. The average molecular weight is 432 g/mol. The van der Waals surface area contributed by atoms with Gasteiger partial charge in [-0.15, -0.1) is 0 Å². The predicted molar refractivity (Wildman–Crippen MR) is 119 cm³/mol. The molecule has 1 saturated heterocycles. The topological polar surface area (TPSA) is 79.0 Å². The van der Waals surface area contributed by atoms with Crippen molar-refractivity contribution in [3.05, 3.63) is 48.5 Å². The van der Waals surface area contributed by atoms with Gasteiger partial charge in [-0.3, -0.25) is 4.79 Å². The van der Waals surface area contributed by atoms with Gasteiger partial charge in [-0.1, -0.05) is 24.6 Å². The number of piperidine rings is 1. The summed E-state index contributed by atoms with van der Waals surface area (Å²) in [5.74, 6) is 0.170. The maximum absolute atomic E-state index is 13.2. The van der Waals surface area contributed by atoms with Gasteiger partial charge in [0.25, 0.3) is 0 Å². The van der Waals surface area contributed by atoms with Gasteiger partial charge in [0.1, 0.15) is 16.7 Å². The monoisotopic (exact) mass is 431 g/mol. The van der Waals surface area contributed by atoms with Crippen molar-refractivity contribution in [2.45, 2.75) is 37.1 Å². The van der Waals surface area contributed by atoms with E-state index in [0.29, 0.717) is 24.5 Å². The van der Waals surface area contributed by atoms with Gasteiger partial charge >= 0.3 is 0 Å². The standard InChI is InChI=1S/C22H29N3O4S/c1-17(22(26)24(2)19-10-6-4-7-11-19)23-18-12-13-20(29-3)21(16-18)30(27,28)25-14-8-5-9-15-25/h4,6-7,10-13,16-17,23H,5,8-9,14-15H2,1-3H3. The highest BCUT2D eigenvalue weighted by Gasteiger charge is 2.29. The Morgan fingerprint density at radius 2 is 1.77 bits per heavy atom. The molecule has 162 valence electrons. The third-order valence-corrected chi connectivity index (χ3v) is 7.24. The molecular weight excluding hydrogens is 402 g/mol. The van der Waals surface area contributed by atoms with Crippen LogP contribution in [0.25, 0.3) is 0 Å². The summed E-state index contributed by atoms with van der Waals surface area (Å²) in [5.41, 5.74) is 1.34. The summed E-state index contributed by atoms with van der Waals surface area (Å²) in [4.78, 5) is 14.5. The molecule has 0 saturated carbocycles. The van der Waals surface area contributed by atoms with E-state index in [1.165, 1.54) is 11.4 Å². The van der Waals surface area contributed by atoms with E-state index in [1.807, 2.05) is 30.3 Å². The third kappa shape index (κ3) is 4.76. The van der Waals surface area contributed by atoms with Crippen molar-refractivity contribution in [1.29, 1.82) is 0 Å². The molecule has 1 heterocycles. The lowest BCUT2D eigenvalue weighted by atomic mass is 10.2. The first kappa shape index (κ1) is 22.1. The van der Waals surface area contributed by atoms with E-state index >= 15 is 0 Å². The molecule has 3 rings (SSSR count). The van der Waals surface area contributed by atoms with Crippen LogP contribution < -0.4 is 15.0 Å². The number of nitrogens with zero attached hydrogens (tertiary/aromatic N) is 2. The molecule has 0 aliphatic carbocycles. The number of nitrogens with one attached hydrogen (secondary N) is 1. The van der Waals surface area contributed by atoms with Crippen molar-refractivity contribution in [3.63, 3.8) is 0 Å². The van der Waals surface area contributed by atoms with E-state index in [0.717, 1.165) is 24.9 Å². The Balaban J connectivity index is 1.81. The molecule has 1 aliphatic rings. The van der Waals surface area contributed by atoms with Gasteiger partial charge in [-0.25, -0.2) is 8.42 Å². The summed E-state index contributed by atoms with van der Waals surface area (Å²) in [6.07, 6.45) is 2.76. The van der Waals surface area contributed by atoms with Gasteiger partial charge in [-0.2, -0.15) is 4.31 Å². The molecule has 1 aliphatic heterocycles. The number of para-hydroxylation sites is 1. The Hall–Kier alpha value is -2.58. The average Bonchev–Trinajstić information content (AvgIpc) is 2.79. The molecule has 0 spiro atoms. The van der Waals surface area contributed by atoms with E-state index in [1.54, 1.807) is 37.1 Å². The lowest BCUT2D eigenvalue weighted by molar-refractivity contribution is -0.118. The number of hydrogen-bond acceptors (Lipinski definition) is 5. The molecule has 1 unspecified atom stereocenters. The van der Waals surface area contributed by atoms with Crippen LogP contribution in [0.4, 0.5) is 11.4 Å². The summed E-state index contributed by atoms with van der Waals surface area (Å²) >= 11 is 0. The summed E-state index contributed by atoms with van der Waals surface area (Å²) in [7, 11) is -0.494. The molecule has 30 heavy (non-hydrogen) atoms. The third-order valence-electron chi connectivity index (χ3n) is 5.32. The molecule has 8 heteroatoms. The second-order valence-electron chi connectivity index (χ2n) is 7.43. The van der Waals surface area contributed by atoms with Crippen LogP contribution in [0.15, 0.2) is 53.4 Å². The van der Waals surface area contributed by atoms with Gasteiger partial charge in [0.15, 0.2) is 0 Å². The maximum Gasteiger partial charge on any atom is 0.248 e. The quantitative estimate of drug-likeness (QED) is 0.727. The highest BCUT2D eigenvalue weighted by molar-refractivity contribution is 7.89. The normalized spacial score (nSPS) is 16.0. The molecular formula is C22H29N3O4S. The van der Waals surface area contributed by atoms with Crippen molar-refractivity contribution < 1.29 is 17.9 Å². The SMILES string of the molecule is COc1ccc(NC(C)C(=O)N(C)c2ccccc2)cc1S(=O)(=O)N1CCCCC1. The maximum atomic E-state index is 13.2. The molecule has 1 N–H and O–H groups in total. The first-order chi connectivity index (χ1) is 14.3. The molecule has 7 nitrogen and oxygen atoms in total. The zero-order chi connectivity index (χ0) is 21.7. The van der Waals surface area contributed by atoms with Crippen LogP contribution in [-0.2, 0) is 14.8 Å². The molecule has 0 aromatic heterocycles. The van der Waals surface area contributed by atoms with Crippen molar-refractivity contribution in [2.75, 3.05) is 37.5 Å². The first-order valence-electron chi connectivity index (χ1n) is 10.1. The molecule has 1 atom stereocenters. The number of rotatable bonds is 7. The number of likely N-dealkylation sites (N-methyl/N-ethyl adjacent to an activating group) is 1. The number of benzene rings is 2. The first-order valence-corrected chi connectivity index (χ1v) is 11.6. The van der Waals surface area contributed by atoms with E-state index in [4.69, 9.17) is 4.74 Å². The smallest absolute Gasteiger partial charge is 0.248 e. The van der Waals surface area contributed by atoms with Gasteiger partial charge in [0, 0.05) is 31.5 Å². The minimum Gasteiger partial charge on any atom is -0.495 e. The number of carbonyl (C=O) groups is 1. The number of carbonyl (C=O) groups excluding carboxylic acids is 1. The van der Waals surface area contributed by atoms with Gasteiger partial charge in [-0.05, 0) is 50.1 Å². The summed E-state index contributed by atoms with van der Waals surface area (Å²) in [6, 6.07) is 13.7. The highest BCUT2D eigenvalue weighted by Crippen LogP contribution is 2.31. The van der Waals surface area contributed by atoms with Crippen molar-refractivity contribution in [3.8, 4) is 5.75 Å². The lowest BCUT2D eigenvalue weighted by Gasteiger charge is -2.27. The zero-order valence-corrected chi connectivity index (χ0v) is 18.5. The minimum atomic E-state index is -3.67. The van der Waals surface area contributed by atoms with Crippen LogP contribution in [0.1, 0.15) is 26.2 Å². The molecule has 1 amide bonds. The van der Waals surface area contributed by atoms with Crippen molar-refractivity contribution in [2.24, 2.45) is 0 Å². The van der Waals surface area contributed by atoms with Crippen molar-refractivity contribution in [1.82, 2.24) is 4.31 Å². The Bertz CT molecular complexity index is 973. The van der Waals surface area contributed by atoms with Gasteiger partial charge in [0.2, 0.25) is 15.9 Å². The number of ether oxygens (including phenoxy) is 1. The largest absolute Gasteiger partial charge is 0.495 e. The Morgan fingerprint density at radius 3 is 2.40 bits per heavy atom. The minimum absolute atomic E-state index is 0.118. The molecule has 2 aromatic rings. The van der Waals surface area contributed by atoms with Crippen LogP contribution in [0.5, 0.6) is 5.75 Å². The van der Waals surface area contributed by atoms with Crippen LogP contribution in [0.2, 0.25) is 0 Å². The lowest BCUT2D eigenvalue weighted by Crippen LogP contribution is -2.39. The van der Waals surface area contributed by atoms with E-state index in [-0.39, 0.29) is 10.8 Å². The Morgan fingerprint density at radius 1 is 1.10 bits per heavy atom. The fourth-order valence-electron chi connectivity index (χ4n) is 3.59. The van der Waals surface area contributed by atoms with Gasteiger partial charge in [0.05, 0.1) is 7.11 Å². The summed E-state index contributed by atoms with van der Waals surface area (Å²) < 4.78 is 33.2. The van der Waals surface area contributed by atoms with Crippen LogP contribution in [0, 0.1) is 0 Å². The molecule has 0 radical (unpaired) electrons. The molecule has 2 aromatic carbocycles. The summed E-state index contributed by atoms with van der Waals surface area (Å²) in [5, 5.41) is 3.13. The second-order valence-corrected chi connectivity index (χ2v) is 9.34. The number of hydrogen-bond donors (Lipinski definition) is 1. The fraction of sp³-hybridized carbons (Fsp3) is 0.409. The van der Waals surface area contributed by atoms with Crippen LogP contribution >= 0.6 is 0 Å². The van der Waals surface area contributed by atoms with E-state index in [9.17, 15) is 13.2 Å². The van der Waals surface area contributed by atoms with E-state index in [2.05, 4.69) is 5.32 Å². The predicted octanol–water partition coefficient (Wildman–Crippen LogP) is 3.33. The number of sulfonamides is 1. The van der Waals surface area contributed by atoms with Gasteiger partial charge < -0.3 is 15.0 Å². The number of amides is 1. The fourth-order valence-corrected chi connectivity index (χ4v) is 5.29. The van der Waals surface area contributed by atoms with Crippen molar-refractivity contribution >= 4 is 27.3 Å². The van der Waals surface area contributed by atoms with E-state index < -0.39 is 16.1 Å². The Labute approximate surface area is 178 Å². The zero-order valence-electron chi connectivity index (χ0n) is 17.7. The summed E-state index contributed by atoms with van der Waals surface area (Å²) in [6.45, 7) is 2.78. The molecule has 1 fully saturated rings. The second kappa shape index (κ2) is 9.49.